The van der Waals surface area contributed by atoms with Gasteiger partial charge in [0.1, 0.15) is 5.70 Å². The Kier molecular flexibility index (Phi) is 4.09. The van der Waals surface area contributed by atoms with Gasteiger partial charge in [-0.15, -0.1) is 16.7 Å². The zero-order valence-corrected chi connectivity index (χ0v) is 9.88. The van der Waals surface area contributed by atoms with E-state index in [1.807, 2.05) is 25.2 Å². The van der Waals surface area contributed by atoms with E-state index in [0.717, 1.165) is 11.3 Å². The number of nitrogens with zero attached hydrogens (tertiary/aromatic N) is 1. The van der Waals surface area contributed by atoms with Gasteiger partial charge in [-0.05, 0) is 24.6 Å². The number of thioether (sulfide) groups is 1. The largest absolute Gasteiger partial charge is 0.145 e. The van der Waals surface area contributed by atoms with E-state index in [2.05, 4.69) is 24.8 Å². The number of hydrogen-bond acceptors (Lipinski definition) is 3. The van der Waals surface area contributed by atoms with Crippen molar-refractivity contribution < 1.29 is 0 Å². The average molecular weight is 221 g/mol. The van der Waals surface area contributed by atoms with Crippen LogP contribution in [0.15, 0.2) is 52.7 Å². The van der Waals surface area contributed by atoms with Gasteiger partial charge < -0.3 is 0 Å². The van der Waals surface area contributed by atoms with Crippen LogP contribution in [0.3, 0.4) is 0 Å². The highest BCUT2D eigenvalue weighted by atomic mass is 32.2. The lowest BCUT2D eigenvalue weighted by Crippen LogP contribution is -2.14. The van der Waals surface area contributed by atoms with Crippen LogP contribution >= 0.6 is 11.8 Å². The number of allylic oxidation sites excluding steroid dienone is 4. The van der Waals surface area contributed by atoms with Crippen LogP contribution in [0.5, 0.6) is 0 Å². The molecule has 0 aliphatic carbocycles. The molecular formula is C12H15NOS. The predicted octanol–water partition coefficient (Wildman–Crippen LogP) is 4.18. The maximum Gasteiger partial charge on any atom is 0.106 e. The molecule has 1 aliphatic heterocycles. The van der Waals surface area contributed by atoms with Crippen molar-refractivity contribution in [1.82, 2.24) is 0 Å². The summed E-state index contributed by atoms with van der Waals surface area (Å²) in [5, 5.41) is 3.04. The van der Waals surface area contributed by atoms with E-state index in [-0.39, 0.29) is 4.75 Å². The Labute approximate surface area is 94.8 Å². The second kappa shape index (κ2) is 5.12. The van der Waals surface area contributed by atoms with Gasteiger partial charge in [0, 0.05) is 4.91 Å². The van der Waals surface area contributed by atoms with E-state index in [1.54, 1.807) is 17.8 Å². The first kappa shape index (κ1) is 12.0. The second-order valence-electron chi connectivity index (χ2n) is 3.49. The molecule has 0 spiro atoms. The van der Waals surface area contributed by atoms with E-state index < -0.39 is 0 Å². The molecule has 0 unspecified atom stereocenters. The quantitative estimate of drug-likeness (QED) is 0.526. The van der Waals surface area contributed by atoms with Crippen molar-refractivity contribution in [2.45, 2.75) is 25.0 Å². The molecule has 0 saturated carbocycles. The maximum absolute atomic E-state index is 10.6. The SMILES string of the molecule is C=C1C=C(N=O)[C@@](C)(/C=C/C=C/CC)S1. The van der Waals surface area contributed by atoms with Crippen LogP contribution in [0.2, 0.25) is 0 Å². The Morgan fingerprint density at radius 3 is 2.93 bits per heavy atom. The molecule has 0 saturated heterocycles. The average Bonchev–Trinajstić information content (AvgIpc) is 2.49. The normalized spacial score (nSPS) is 26.5. The van der Waals surface area contributed by atoms with Crippen LogP contribution in [0, 0.1) is 4.91 Å². The van der Waals surface area contributed by atoms with Crippen molar-refractivity contribution in [3.8, 4) is 0 Å². The van der Waals surface area contributed by atoms with Crippen molar-refractivity contribution in [1.29, 1.82) is 0 Å². The van der Waals surface area contributed by atoms with Gasteiger partial charge in [-0.25, -0.2) is 0 Å². The molecule has 3 heteroatoms. The fourth-order valence-electron chi connectivity index (χ4n) is 1.34. The van der Waals surface area contributed by atoms with Gasteiger partial charge >= 0.3 is 0 Å². The first-order valence-electron chi connectivity index (χ1n) is 4.90. The molecule has 1 aliphatic rings. The highest BCUT2D eigenvalue weighted by Gasteiger charge is 2.33. The van der Waals surface area contributed by atoms with Crippen molar-refractivity contribution in [3.05, 3.63) is 52.5 Å². The van der Waals surface area contributed by atoms with Crippen molar-refractivity contribution in [3.63, 3.8) is 0 Å². The van der Waals surface area contributed by atoms with Crippen LogP contribution < -0.4 is 0 Å². The molecule has 0 aromatic rings. The summed E-state index contributed by atoms with van der Waals surface area (Å²) in [6, 6.07) is 0. The third-order valence-electron chi connectivity index (χ3n) is 2.14. The first-order valence-corrected chi connectivity index (χ1v) is 5.72. The predicted molar refractivity (Wildman–Crippen MR) is 67.6 cm³/mol. The molecule has 0 fully saturated rings. The molecule has 2 nitrogen and oxygen atoms in total. The van der Waals surface area contributed by atoms with Gasteiger partial charge in [0.15, 0.2) is 0 Å². The fourth-order valence-corrected chi connectivity index (χ4v) is 2.40. The van der Waals surface area contributed by atoms with E-state index in [9.17, 15) is 4.91 Å². The van der Waals surface area contributed by atoms with Crippen LogP contribution in [-0.4, -0.2) is 4.75 Å². The summed E-state index contributed by atoms with van der Waals surface area (Å²) < 4.78 is -0.350. The lowest BCUT2D eigenvalue weighted by atomic mass is 10.1. The third kappa shape index (κ3) is 2.93. The minimum atomic E-state index is -0.350. The van der Waals surface area contributed by atoms with Crippen LogP contribution in [-0.2, 0) is 0 Å². The van der Waals surface area contributed by atoms with Crippen molar-refractivity contribution in [2.24, 2.45) is 5.18 Å². The molecule has 0 bridgehead atoms. The lowest BCUT2D eigenvalue weighted by Gasteiger charge is -2.17. The molecule has 1 atom stereocenters. The van der Waals surface area contributed by atoms with Crippen molar-refractivity contribution >= 4 is 11.8 Å². The second-order valence-corrected chi connectivity index (χ2v) is 5.07. The van der Waals surface area contributed by atoms with Crippen molar-refractivity contribution in [2.75, 3.05) is 0 Å². The highest BCUT2D eigenvalue weighted by Crippen LogP contribution is 2.46. The third-order valence-corrected chi connectivity index (χ3v) is 3.29. The Morgan fingerprint density at radius 1 is 1.60 bits per heavy atom. The van der Waals surface area contributed by atoms with Gasteiger partial charge in [-0.1, -0.05) is 37.8 Å². The van der Waals surface area contributed by atoms with Gasteiger partial charge in [0.25, 0.3) is 0 Å². The molecular weight excluding hydrogens is 206 g/mol. The van der Waals surface area contributed by atoms with Gasteiger partial charge in [-0.3, -0.25) is 0 Å². The molecule has 0 aromatic carbocycles. The minimum absolute atomic E-state index is 0.350. The maximum atomic E-state index is 10.6. The summed E-state index contributed by atoms with van der Waals surface area (Å²) in [5.74, 6) is 0. The molecule has 1 rings (SSSR count). The Bertz CT molecular complexity index is 355. The Hall–Kier alpha value is -1.09. The smallest absolute Gasteiger partial charge is 0.106 e. The number of hydrogen-bond donors (Lipinski definition) is 0. The molecule has 0 amide bonds. The summed E-state index contributed by atoms with van der Waals surface area (Å²) in [6.07, 6.45) is 10.7. The molecule has 80 valence electrons. The lowest BCUT2D eigenvalue weighted by molar-refractivity contribution is 0.918. The molecule has 0 aromatic heterocycles. The summed E-state index contributed by atoms with van der Waals surface area (Å²) in [4.78, 5) is 11.5. The molecule has 0 N–H and O–H groups in total. The monoisotopic (exact) mass is 221 g/mol. The topological polar surface area (TPSA) is 29.4 Å². The Morgan fingerprint density at radius 2 is 2.33 bits per heavy atom. The Balaban J connectivity index is 2.80. The molecule has 0 radical (unpaired) electrons. The van der Waals surface area contributed by atoms with Crippen LogP contribution in [0.1, 0.15) is 20.3 Å². The van der Waals surface area contributed by atoms with E-state index >= 15 is 0 Å². The van der Waals surface area contributed by atoms with Crippen LogP contribution in [0.4, 0.5) is 0 Å². The summed E-state index contributed by atoms with van der Waals surface area (Å²) in [7, 11) is 0. The number of nitroso groups, excluding NO2 is 1. The van der Waals surface area contributed by atoms with Gasteiger partial charge in [0.2, 0.25) is 0 Å². The summed E-state index contributed by atoms with van der Waals surface area (Å²) in [5.41, 5.74) is 0.540. The minimum Gasteiger partial charge on any atom is -0.145 e. The van der Waals surface area contributed by atoms with E-state index in [1.165, 1.54) is 0 Å². The zero-order chi connectivity index (χ0) is 11.3. The summed E-state index contributed by atoms with van der Waals surface area (Å²) >= 11 is 1.56. The van der Waals surface area contributed by atoms with Crippen LogP contribution in [0.25, 0.3) is 0 Å². The number of rotatable bonds is 4. The highest BCUT2D eigenvalue weighted by molar-refractivity contribution is 8.05. The van der Waals surface area contributed by atoms with Gasteiger partial charge in [0.05, 0.1) is 4.75 Å². The van der Waals surface area contributed by atoms with E-state index in [0.29, 0.717) is 5.70 Å². The molecule has 1 heterocycles. The standard InChI is InChI=1S/C12H15NOS/c1-4-5-6-7-8-12(3)11(13-14)9-10(2)15-12/h5-9H,2,4H2,1,3H3/b6-5+,8-7+/t12-/m1/s1. The molecule has 15 heavy (non-hydrogen) atoms. The summed E-state index contributed by atoms with van der Waals surface area (Å²) in [6.45, 7) is 7.88. The first-order chi connectivity index (χ1) is 7.12. The fraction of sp³-hybridized carbons (Fsp3) is 0.333. The van der Waals surface area contributed by atoms with E-state index in [4.69, 9.17) is 0 Å². The zero-order valence-electron chi connectivity index (χ0n) is 9.06. The van der Waals surface area contributed by atoms with Gasteiger partial charge in [-0.2, -0.15) is 0 Å².